The van der Waals surface area contributed by atoms with Gasteiger partial charge in [0.05, 0.1) is 11.6 Å². The van der Waals surface area contributed by atoms with Crippen molar-refractivity contribution in [1.82, 2.24) is 4.98 Å². The summed E-state index contributed by atoms with van der Waals surface area (Å²) < 4.78 is 0. The number of rotatable bonds is 5. The fourth-order valence-electron chi connectivity index (χ4n) is 1.44. The normalized spacial score (nSPS) is 9.67. The Bertz CT molecular complexity index is 341. The lowest BCUT2D eigenvalue weighted by Crippen LogP contribution is -2.24. The van der Waals surface area contributed by atoms with Crippen LogP contribution in [0.15, 0.2) is 18.3 Å². The Labute approximate surface area is 91.4 Å². The number of anilines is 1. The van der Waals surface area contributed by atoms with E-state index in [0.29, 0.717) is 5.56 Å². The molecule has 1 aromatic rings. The van der Waals surface area contributed by atoms with E-state index in [1.807, 2.05) is 6.07 Å². The van der Waals surface area contributed by atoms with E-state index in [-0.39, 0.29) is 0 Å². The number of nitriles is 1. The zero-order valence-corrected chi connectivity index (χ0v) is 9.40. The number of aromatic nitrogens is 1. The smallest absolute Gasteiger partial charge is 0.129 e. The van der Waals surface area contributed by atoms with Gasteiger partial charge in [0.2, 0.25) is 0 Å². The average Bonchev–Trinajstić information content (AvgIpc) is 2.30. The molecule has 1 aromatic heterocycles. The van der Waals surface area contributed by atoms with Crippen molar-refractivity contribution in [2.24, 2.45) is 0 Å². The van der Waals surface area contributed by atoms with Crippen molar-refractivity contribution in [3.63, 3.8) is 0 Å². The molecule has 1 heterocycles. The van der Waals surface area contributed by atoms with Gasteiger partial charge >= 0.3 is 0 Å². The molecule has 0 radical (unpaired) electrons. The molecular formula is C12H17N3. The highest BCUT2D eigenvalue weighted by atomic mass is 15.2. The molecule has 0 fully saturated rings. The molecule has 0 amide bonds. The molecule has 0 bridgehead atoms. The summed E-state index contributed by atoms with van der Waals surface area (Å²) in [5.74, 6) is 0.907. The zero-order valence-electron chi connectivity index (χ0n) is 9.40. The van der Waals surface area contributed by atoms with E-state index in [9.17, 15) is 0 Å². The molecule has 0 atom stereocenters. The monoisotopic (exact) mass is 203 g/mol. The van der Waals surface area contributed by atoms with Gasteiger partial charge in [0, 0.05) is 19.3 Å². The maximum absolute atomic E-state index is 8.80. The molecule has 0 saturated heterocycles. The first-order valence-electron chi connectivity index (χ1n) is 5.43. The van der Waals surface area contributed by atoms with Gasteiger partial charge in [0.25, 0.3) is 0 Å². The van der Waals surface area contributed by atoms with Crippen LogP contribution in [0, 0.1) is 11.3 Å². The Morgan fingerprint density at radius 1 is 1.47 bits per heavy atom. The van der Waals surface area contributed by atoms with Crippen LogP contribution in [0.3, 0.4) is 0 Å². The third kappa shape index (κ3) is 3.25. The molecule has 0 unspecified atom stereocenters. The molecule has 0 aliphatic carbocycles. The Morgan fingerprint density at radius 3 is 2.87 bits per heavy atom. The van der Waals surface area contributed by atoms with E-state index in [1.165, 1.54) is 6.42 Å². The molecule has 0 aliphatic rings. The summed E-state index contributed by atoms with van der Waals surface area (Å²) in [6.45, 7) is 6.22. The third-order valence-corrected chi connectivity index (χ3v) is 2.36. The number of hydrogen-bond donors (Lipinski definition) is 0. The fraction of sp³-hybridized carbons (Fsp3) is 0.500. The Kier molecular flexibility index (Phi) is 4.62. The minimum atomic E-state index is 0.676. The molecular weight excluding hydrogens is 186 g/mol. The van der Waals surface area contributed by atoms with Crippen LogP contribution in [0.1, 0.15) is 32.3 Å². The molecule has 3 nitrogen and oxygen atoms in total. The van der Waals surface area contributed by atoms with Gasteiger partial charge in [0.15, 0.2) is 0 Å². The van der Waals surface area contributed by atoms with E-state index in [0.717, 1.165) is 25.3 Å². The molecule has 0 saturated carbocycles. The summed E-state index contributed by atoms with van der Waals surface area (Å²) in [5.41, 5.74) is 0.676. The number of pyridine rings is 1. The van der Waals surface area contributed by atoms with E-state index < -0.39 is 0 Å². The van der Waals surface area contributed by atoms with Gasteiger partial charge in [-0.05, 0) is 25.5 Å². The summed E-state index contributed by atoms with van der Waals surface area (Å²) in [6, 6.07) is 5.72. The van der Waals surface area contributed by atoms with E-state index >= 15 is 0 Å². The van der Waals surface area contributed by atoms with Crippen LogP contribution < -0.4 is 4.90 Å². The minimum absolute atomic E-state index is 0.676. The largest absolute Gasteiger partial charge is 0.357 e. The first kappa shape index (κ1) is 11.5. The number of unbranched alkanes of at least 4 members (excludes halogenated alkanes) is 1. The third-order valence-electron chi connectivity index (χ3n) is 2.36. The summed E-state index contributed by atoms with van der Waals surface area (Å²) in [4.78, 5) is 6.48. The van der Waals surface area contributed by atoms with Crippen molar-refractivity contribution >= 4 is 5.82 Å². The summed E-state index contributed by atoms with van der Waals surface area (Å²) in [5, 5.41) is 8.80. The van der Waals surface area contributed by atoms with Gasteiger partial charge in [-0.1, -0.05) is 13.3 Å². The summed E-state index contributed by atoms with van der Waals surface area (Å²) in [7, 11) is 0. The zero-order chi connectivity index (χ0) is 11.1. The van der Waals surface area contributed by atoms with Gasteiger partial charge in [-0.2, -0.15) is 5.26 Å². The van der Waals surface area contributed by atoms with Gasteiger partial charge in [0.1, 0.15) is 5.82 Å². The Balaban J connectivity index is 2.78. The first-order chi connectivity index (χ1) is 7.31. The van der Waals surface area contributed by atoms with E-state index in [4.69, 9.17) is 5.26 Å². The highest BCUT2D eigenvalue weighted by Crippen LogP contribution is 2.12. The highest BCUT2D eigenvalue weighted by Gasteiger charge is 2.05. The second-order valence-corrected chi connectivity index (χ2v) is 3.45. The predicted octanol–water partition coefficient (Wildman–Crippen LogP) is 2.58. The second kappa shape index (κ2) is 6.02. The lowest BCUT2D eigenvalue weighted by atomic mass is 10.2. The van der Waals surface area contributed by atoms with E-state index in [2.05, 4.69) is 29.8 Å². The van der Waals surface area contributed by atoms with Crippen molar-refractivity contribution < 1.29 is 0 Å². The van der Waals surface area contributed by atoms with Gasteiger partial charge in [-0.15, -0.1) is 0 Å². The molecule has 0 aromatic carbocycles. The van der Waals surface area contributed by atoms with Crippen LogP contribution in [0.25, 0.3) is 0 Å². The van der Waals surface area contributed by atoms with Crippen LogP contribution in [-0.2, 0) is 0 Å². The highest BCUT2D eigenvalue weighted by molar-refractivity contribution is 5.44. The standard InChI is InChI=1S/C12H17N3/c1-3-5-8-15(4-2)12-9-11(10-13)6-7-14-12/h6-7,9H,3-5,8H2,1-2H3. The molecule has 80 valence electrons. The number of hydrogen-bond acceptors (Lipinski definition) is 3. The lowest BCUT2D eigenvalue weighted by molar-refractivity contribution is 0.724. The van der Waals surface area contributed by atoms with Crippen molar-refractivity contribution in [3.8, 4) is 6.07 Å². The number of nitrogens with zero attached hydrogens (tertiary/aromatic N) is 3. The van der Waals surface area contributed by atoms with Gasteiger partial charge in [-0.3, -0.25) is 0 Å². The molecule has 3 heteroatoms. The van der Waals surface area contributed by atoms with Crippen LogP contribution >= 0.6 is 0 Å². The van der Waals surface area contributed by atoms with Crippen molar-refractivity contribution in [2.45, 2.75) is 26.7 Å². The lowest BCUT2D eigenvalue weighted by Gasteiger charge is -2.21. The van der Waals surface area contributed by atoms with Crippen LogP contribution in [0.5, 0.6) is 0 Å². The minimum Gasteiger partial charge on any atom is -0.357 e. The van der Waals surface area contributed by atoms with Crippen LogP contribution in [0.2, 0.25) is 0 Å². The van der Waals surface area contributed by atoms with Crippen molar-refractivity contribution in [1.29, 1.82) is 5.26 Å². The van der Waals surface area contributed by atoms with Gasteiger partial charge < -0.3 is 4.90 Å². The fourth-order valence-corrected chi connectivity index (χ4v) is 1.44. The second-order valence-electron chi connectivity index (χ2n) is 3.45. The van der Waals surface area contributed by atoms with Crippen LogP contribution in [0.4, 0.5) is 5.82 Å². The quantitative estimate of drug-likeness (QED) is 0.738. The molecule has 0 aliphatic heterocycles. The van der Waals surface area contributed by atoms with Crippen molar-refractivity contribution in [2.75, 3.05) is 18.0 Å². The summed E-state index contributed by atoms with van der Waals surface area (Å²) in [6.07, 6.45) is 4.03. The molecule has 1 rings (SSSR count). The Morgan fingerprint density at radius 2 is 2.27 bits per heavy atom. The van der Waals surface area contributed by atoms with E-state index in [1.54, 1.807) is 12.3 Å². The Hall–Kier alpha value is -1.56. The van der Waals surface area contributed by atoms with Crippen LogP contribution in [-0.4, -0.2) is 18.1 Å². The first-order valence-corrected chi connectivity index (χ1v) is 5.43. The SMILES string of the molecule is CCCCN(CC)c1cc(C#N)ccn1. The molecule has 15 heavy (non-hydrogen) atoms. The topological polar surface area (TPSA) is 39.9 Å². The molecule has 0 spiro atoms. The maximum atomic E-state index is 8.80. The van der Waals surface area contributed by atoms with Gasteiger partial charge in [-0.25, -0.2) is 4.98 Å². The predicted molar refractivity (Wildman–Crippen MR) is 61.7 cm³/mol. The van der Waals surface area contributed by atoms with Crippen molar-refractivity contribution in [3.05, 3.63) is 23.9 Å². The average molecular weight is 203 g/mol. The summed E-state index contributed by atoms with van der Waals surface area (Å²) >= 11 is 0. The maximum Gasteiger partial charge on any atom is 0.129 e. The molecule has 0 N–H and O–H groups in total.